The zero-order valence-corrected chi connectivity index (χ0v) is 15.9. The molecule has 0 aromatic carbocycles. The fraction of sp³-hybridized carbons (Fsp3) is 0.650. The van der Waals surface area contributed by atoms with Crippen LogP contribution in [0.2, 0.25) is 0 Å². The van der Waals surface area contributed by atoms with Crippen molar-refractivity contribution in [2.75, 3.05) is 13.1 Å². The summed E-state index contributed by atoms with van der Waals surface area (Å²) in [4.78, 5) is 30.3. The summed E-state index contributed by atoms with van der Waals surface area (Å²) in [6.07, 6.45) is 9.53. The van der Waals surface area contributed by atoms with Crippen LogP contribution >= 0.6 is 0 Å². The first kappa shape index (κ1) is 17.5. The van der Waals surface area contributed by atoms with Crippen LogP contribution in [0.1, 0.15) is 67.6 Å². The first-order chi connectivity index (χ1) is 12.6. The van der Waals surface area contributed by atoms with Gasteiger partial charge < -0.3 is 9.97 Å². The lowest BCUT2D eigenvalue weighted by molar-refractivity contribution is 0.148. The van der Waals surface area contributed by atoms with Crippen molar-refractivity contribution >= 4 is 0 Å². The number of H-pyrrole nitrogens is 2. The number of rotatable bonds is 5. The SMILES string of the molecule is CCCCc1ncc(CN2CCC3(CCc4c3nc(C)[nH]c4=O)CC2)[nH]1. The van der Waals surface area contributed by atoms with Gasteiger partial charge in [-0.1, -0.05) is 13.3 Å². The molecule has 0 radical (unpaired) electrons. The zero-order chi connectivity index (χ0) is 18.1. The molecule has 2 aliphatic rings. The minimum atomic E-state index is 0.0730. The smallest absolute Gasteiger partial charge is 0.254 e. The molecule has 6 nitrogen and oxygen atoms in total. The quantitative estimate of drug-likeness (QED) is 0.864. The number of unbranched alkanes of at least 4 members (excludes halogenated alkanes) is 1. The minimum absolute atomic E-state index is 0.0730. The molecule has 1 spiro atoms. The Morgan fingerprint density at radius 3 is 2.81 bits per heavy atom. The maximum Gasteiger partial charge on any atom is 0.254 e. The summed E-state index contributed by atoms with van der Waals surface area (Å²) in [5, 5.41) is 0. The Morgan fingerprint density at radius 2 is 2.04 bits per heavy atom. The summed E-state index contributed by atoms with van der Waals surface area (Å²) in [5.74, 6) is 1.86. The van der Waals surface area contributed by atoms with Crippen molar-refractivity contribution < 1.29 is 0 Å². The van der Waals surface area contributed by atoms with Crippen LogP contribution in [0.4, 0.5) is 0 Å². The number of hydrogen-bond acceptors (Lipinski definition) is 4. The lowest BCUT2D eigenvalue weighted by Crippen LogP contribution is -2.42. The molecular formula is C20H29N5O. The summed E-state index contributed by atoms with van der Waals surface area (Å²) in [6.45, 7) is 7.13. The van der Waals surface area contributed by atoms with E-state index in [0.29, 0.717) is 0 Å². The summed E-state index contributed by atoms with van der Waals surface area (Å²) in [5.41, 5.74) is 3.42. The normalized spacial score (nSPS) is 19.2. The van der Waals surface area contributed by atoms with Gasteiger partial charge in [-0.25, -0.2) is 9.97 Å². The molecule has 2 aromatic rings. The molecule has 26 heavy (non-hydrogen) atoms. The van der Waals surface area contributed by atoms with Gasteiger partial charge >= 0.3 is 0 Å². The zero-order valence-electron chi connectivity index (χ0n) is 15.9. The molecule has 6 heteroatoms. The van der Waals surface area contributed by atoms with E-state index in [1.807, 2.05) is 13.1 Å². The van der Waals surface area contributed by atoms with Crippen molar-refractivity contribution in [2.24, 2.45) is 0 Å². The van der Waals surface area contributed by atoms with Crippen molar-refractivity contribution in [2.45, 2.75) is 70.8 Å². The maximum absolute atomic E-state index is 12.2. The summed E-state index contributed by atoms with van der Waals surface area (Å²) in [6, 6.07) is 0. The topological polar surface area (TPSA) is 77.7 Å². The number of nitrogens with one attached hydrogen (secondary N) is 2. The Kier molecular flexibility index (Phi) is 4.69. The van der Waals surface area contributed by atoms with Crippen molar-refractivity contribution in [1.82, 2.24) is 24.8 Å². The van der Waals surface area contributed by atoms with Crippen LogP contribution in [0.25, 0.3) is 0 Å². The van der Waals surface area contributed by atoms with Crippen LogP contribution in [0.5, 0.6) is 0 Å². The number of aromatic amines is 2. The van der Waals surface area contributed by atoms with Crippen LogP contribution in [0.15, 0.2) is 11.0 Å². The van der Waals surface area contributed by atoms with Crippen molar-refractivity contribution in [3.8, 4) is 0 Å². The van der Waals surface area contributed by atoms with E-state index in [-0.39, 0.29) is 11.0 Å². The Labute approximate surface area is 154 Å². The fourth-order valence-corrected chi connectivity index (χ4v) is 4.59. The van der Waals surface area contributed by atoms with Gasteiger partial charge in [-0.15, -0.1) is 0 Å². The standard InChI is InChI=1S/C20H29N5O/c1-3-4-5-17-21-12-15(24-17)13-25-10-8-20(9-11-25)7-6-16-18(20)22-14(2)23-19(16)26/h12H,3-11,13H2,1-2H3,(H,21,24)(H,22,23,26). The second-order valence-corrected chi connectivity index (χ2v) is 7.99. The number of imidazole rings is 1. The molecule has 140 valence electrons. The van der Waals surface area contributed by atoms with Gasteiger partial charge in [-0.3, -0.25) is 9.69 Å². The molecule has 2 N–H and O–H groups in total. The van der Waals surface area contributed by atoms with E-state index in [1.54, 1.807) is 0 Å². The molecule has 2 aromatic heterocycles. The van der Waals surface area contributed by atoms with Crippen LogP contribution < -0.4 is 5.56 Å². The van der Waals surface area contributed by atoms with E-state index in [1.165, 1.54) is 18.5 Å². The molecule has 0 bridgehead atoms. The lowest BCUT2D eigenvalue weighted by atomic mass is 9.76. The van der Waals surface area contributed by atoms with Gasteiger partial charge in [-0.05, 0) is 52.1 Å². The Hall–Kier alpha value is -1.95. The minimum Gasteiger partial charge on any atom is -0.345 e. The average Bonchev–Trinajstić information content (AvgIpc) is 3.21. The Balaban J connectivity index is 1.41. The summed E-state index contributed by atoms with van der Waals surface area (Å²) in [7, 11) is 0. The number of likely N-dealkylation sites (tertiary alicyclic amines) is 1. The summed E-state index contributed by atoms with van der Waals surface area (Å²) < 4.78 is 0. The Bertz CT molecular complexity index is 829. The average molecular weight is 355 g/mol. The molecule has 1 aliphatic carbocycles. The van der Waals surface area contributed by atoms with E-state index >= 15 is 0 Å². The monoisotopic (exact) mass is 355 g/mol. The van der Waals surface area contributed by atoms with Gasteiger partial charge in [0.25, 0.3) is 5.56 Å². The molecule has 1 saturated heterocycles. The van der Waals surface area contributed by atoms with Crippen LogP contribution in [0.3, 0.4) is 0 Å². The molecular weight excluding hydrogens is 326 g/mol. The highest BCUT2D eigenvalue weighted by Gasteiger charge is 2.43. The molecule has 0 atom stereocenters. The second-order valence-electron chi connectivity index (χ2n) is 7.99. The number of fused-ring (bicyclic) bond motifs is 2. The molecule has 4 rings (SSSR count). The number of nitrogens with zero attached hydrogens (tertiary/aromatic N) is 3. The third-order valence-corrected chi connectivity index (χ3v) is 6.15. The predicted molar refractivity (Wildman–Crippen MR) is 101 cm³/mol. The Morgan fingerprint density at radius 1 is 1.23 bits per heavy atom. The van der Waals surface area contributed by atoms with E-state index < -0.39 is 0 Å². The predicted octanol–water partition coefficient (Wildman–Crippen LogP) is 2.62. The number of hydrogen-bond donors (Lipinski definition) is 2. The molecule has 0 saturated carbocycles. The number of aromatic nitrogens is 4. The van der Waals surface area contributed by atoms with Gasteiger partial charge in [-0.2, -0.15) is 0 Å². The molecule has 1 fully saturated rings. The number of aryl methyl sites for hydroxylation is 2. The molecule has 0 unspecified atom stereocenters. The van der Waals surface area contributed by atoms with Crippen LogP contribution in [-0.2, 0) is 24.8 Å². The largest absolute Gasteiger partial charge is 0.345 e. The first-order valence-corrected chi connectivity index (χ1v) is 9.95. The van der Waals surface area contributed by atoms with Gasteiger partial charge in [0.2, 0.25) is 0 Å². The fourth-order valence-electron chi connectivity index (χ4n) is 4.59. The molecule has 0 amide bonds. The maximum atomic E-state index is 12.2. The highest BCUT2D eigenvalue weighted by molar-refractivity contribution is 5.33. The van der Waals surface area contributed by atoms with Crippen molar-refractivity contribution in [3.63, 3.8) is 0 Å². The van der Waals surface area contributed by atoms with Gasteiger partial charge in [0.15, 0.2) is 0 Å². The van der Waals surface area contributed by atoms with E-state index in [2.05, 4.69) is 26.8 Å². The van der Waals surface area contributed by atoms with E-state index in [9.17, 15) is 4.79 Å². The van der Waals surface area contributed by atoms with Crippen molar-refractivity contribution in [3.05, 3.63) is 45.2 Å². The van der Waals surface area contributed by atoms with E-state index in [0.717, 1.165) is 74.6 Å². The van der Waals surface area contributed by atoms with Gasteiger partial charge in [0.1, 0.15) is 11.6 Å². The van der Waals surface area contributed by atoms with Gasteiger partial charge in [0, 0.05) is 35.8 Å². The van der Waals surface area contributed by atoms with Crippen LogP contribution in [-0.4, -0.2) is 37.9 Å². The van der Waals surface area contributed by atoms with Crippen LogP contribution in [0, 0.1) is 6.92 Å². The molecule has 3 heterocycles. The summed E-state index contributed by atoms with van der Waals surface area (Å²) >= 11 is 0. The molecule has 1 aliphatic heterocycles. The lowest BCUT2D eigenvalue weighted by Gasteiger charge is -2.39. The first-order valence-electron chi connectivity index (χ1n) is 9.95. The van der Waals surface area contributed by atoms with Crippen molar-refractivity contribution in [1.29, 1.82) is 0 Å². The highest BCUT2D eigenvalue weighted by atomic mass is 16.1. The number of piperidine rings is 1. The van der Waals surface area contributed by atoms with Gasteiger partial charge in [0.05, 0.1) is 5.69 Å². The van der Waals surface area contributed by atoms with E-state index in [4.69, 9.17) is 4.98 Å². The third-order valence-electron chi connectivity index (χ3n) is 6.15. The third kappa shape index (κ3) is 3.22. The second kappa shape index (κ2) is 6.99. The highest BCUT2D eigenvalue weighted by Crippen LogP contribution is 2.44.